The summed E-state index contributed by atoms with van der Waals surface area (Å²) in [4.78, 5) is 14.4. The van der Waals surface area contributed by atoms with E-state index in [2.05, 4.69) is 10.4 Å². The van der Waals surface area contributed by atoms with E-state index in [0.29, 0.717) is 18.5 Å². The van der Waals surface area contributed by atoms with Gasteiger partial charge in [0.05, 0.1) is 18.6 Å². The van der Waals surface area contributed by atoms with Crippen molar-refractivity contribution in [3.05, 3.63) is 36.4 Å². The van der Waals surface area contributed by atoms with E-state index in [-0.39, 0.29) is 11.4 Å². The van der Waals surface area contributed by atoms with Crippen molar-refractivity contribution >= 4 is 11.8 Å². The summed E-state index contributed by atoms with van der Waals surface area (Å²) in [7, 11) is 1.85. The number of carbonyl (C=O) groups is 1. The molecule has 7 heteroatoms. The Labute approximate surface area is 146 Å². The number of rotatable bonds is 5. The van der Waals surface area contributed by atoms with E-state index in [4.69, 9.17) is 9.15 Å². The summed E-state index contributed by atoms with van der Waals surface area (Å²) in [6.45, 7) is 2.03. The van der Waals surface area contributed by atoms with Crippen LogP contribution in [0.25, 0.3) is 0 Å². The van der Waals surface area contributed by atoms with Gasteiger partial charge >= 0.3 is 6.03 Å². The molecule has 2 amide bonds. The quantitative estimate of drug-likeness (QED) is 0.905. The van der Waals surface area contributed by atoms with Gasteiger partial charge in [-0.25, -0.2) is 9.48 Å². The maximum absolute atomic E-state index is 12.6. The molecule has 0 radical (unpaired) electrons. The van der Waals surface area contributed by atoms with Crippen LogP contribution in [0.3, 0.4) is 0 Å². The first-order valence-electron chi connectivity index (χ1n) is 8.84. The fraction of sp³-hybridized carbons (Fsp3) is 0.556. The highest BCUT2D eigenvalue weighted by atomic mass is 16.5. The molecule has 1 aliphatic heterocycles. The minimum absolute atomic E-state index is 0.117. The molecule has 2 atom stereocenters. The largest absolute Gasteiger partial charge is 0.467 e. The van der Waals surface area contributed by atoms with Gasteiger partial charge in [-0.3, -0.25) is 5.32 Å². The smallest absolute Gasteiger partial charge is 0.322 e. The lowest BCUT2D eigenvalue weighted by atomic mass is 9.82. The average Bonchev–Trinajstić information content (AvgIpc) is 3.33. The number of anilines is 1. The van der Waals surface area contributed by atoms with E-state index in [9.17, 15) is 4.79 Å². The Kier molecular flexibility index (Phi) is 4.25. The van der Waals surface area contributed by atoms with Crippen LogP contribution in [-0.4, -0.2) is 47.0 Å². The van der Waals surface area contributed by atoms with Crippen LogP contribution in [-0.2, 0) is 11.3 Å². The maximum atomic E-state index is 12.6. The molecule has 2 aliphatic rings. The predicted molar refractivity (Wildman–Crippen MR) is 92.3 cm³/mol. The first kappa shape index (κ1) is 16.2. The van der Waals surface area contributed by atoms with Crippen LogP contribution in [0.2, 0.25) is 0 Å². The summed E-state index contributed by atoms with van der Waals surface area (Å²) in [6.07, 6.45) is 8.12. The fourth-order valence-electron chi connectivity index (χ4n) is 4.18. The molecule has 1 aliphatic carbocycles. The lowest BCUT2D eigenvalue weighted by Crippen LogP contribution is -2.43. The second kappa shape index (κ2) is 6.55. The van der Waals surface area contributed by atoms with Gasteiger partial charge in [-0.2, -0.15) is 5.10 Å². The molecule has 2 fully saturated rings. The molecule has 25 heavy (non-hydrogen) atoms. The molecule has 0 aromatic carbocycles. The van der Waals surface area contributed by atoms with Crippen molar-refractivity contribution in [3.63, 3.8) is 0 Å². The second-order valence-electron chi connectivity index (χ2n) is 7.10. The Bertz CT molecular complexity index is 715. The molecule has 0 unspecified atom stereocenters. The Hall–Kier alpha value is -2.28. The van der Waals surface area contributed by atoms with E-state index < -0.39 is 0 Å². The van der Waals surface area contributed by atoms with Crippen molar-refractivity contribution in [2.75, 3.05) is 25.5 Å². The Morgan fingerprint density at radius 1 is 1.48 bits per heavy atom. The summed E-state index contributed by atoms with van der Waals surface area (Å²) in [5, 5.41) is 7.22. The molecule has 1 saturated carbocycles. The van der Waals surface area contributed by atoms with Gasteiger partial charge in [0.2, 0.25) is 0 Å². The number of aromatic nitrogens is 2. The monoisotopic (exact) mass is 344 g/mol. The van der Waals surface area contributed by atoms with Crippen molar-refractivity contribution in [1.29, 1.82) is 0 Å². The van der Waals surface area contributed by atoms with E-state index in [0.717, 1.165) is 38.2 Å². The molecule has 1 N–H and O–H groups in total. The molecule has 7 nitrogen and oxygen atoms in total. The van der Waals surface area contributed by atoms with Gasteiger partial charge in [0.15, 0.2) is 0 Å². The van der Waals surface area contributed by atoms with Crippen molar-refractivity contribution in [2.24, 2.45) is 5.41 Å². The molecular weight excluding hydrogens is 320 g/mol. The zero-order valence-electron chi connectivity index (χ0n) is 14.5. The zero-order valence-corrected chi connectivity index (χ0v) is 14.5. The van der Waals surface area contributed by atoms with E-state index in [1.54, 1.807) is 28.1 Å². The Morgan fingerprint density at radius 3 is 3.24 bits per heavy atom. The molecule has 0 spiro atoms. The number of urea groups is 1. The number of nitrogens with zero attached hydrogens (tertiary/aromatic N) is 3. The molecule has 1 saturated heterocycles. The Balaban J connectivity index is 1.39. The minimum atomic E-state index is -0.117. The van der Waals surface area contributed by atoms with Crippen molar-refractivity contribution in [3.8, 4) is 0 Å². The summed E-state index contributed by atoms with van der Waals surface area (Å²) in [6, 6.07) is 5.41. The average molecular weight is 344 g/mol. The van der Waals surface area contributed by atoms with Crippen molar-refractivity contribution < 1.29 is 13.9 Å². The third-order valence-electron chi connectivity index (χ3n) is 5.48. The third-order valence-corrected chi connectivity index (χ3v) is 5.48. The number of nitrogens with one attached hydrogen (secondary N) is 1. The summed E-state index contributed by atoms with van der Waals surface area (Å²) < 4.78 is 12.9. The third kappa shape index (κ3) is 3.16. The van der Waals surface area contributed by atoms with Gasteiger partial charge in [-0.05, 0) is 31.4 Å². The van der Waals surface area contributed by atoms with Crippen LogP contribution in [0.4, 0.5) is 10.6 Å². The topological polar surface area (TPSA) is 72.5 Å². The molecule has 4 rings (SSSR count). The summed E-state index contributed by atoms with van der Waals surface area (Å²) in [5.41, 5.74) is 0.139. The molecule has 3 heterocycles. The van der Waals surface area contributed by atoms with Crippen molar-refractivity contribution in [2.45, 2.75) is 38.3 Å². The van der Waals surface area contributed by atoms with Crippen LogP contribution in [0.1, 0.15) is 31.4 Å². The lowest BCUT2D eigenvalue weighted by Gasteiger charge is -2.32. The maximum Gasteiger partial charge on any atom is 0.322 e. The highest BCUT2D eigenvalue weighted by Gasteiger charge is 2.48. The standard InChI is InChI=1S/C18H24N4O3/c1-21(13-18-7-2-5-15(18)25-11-8-18)17(23)20-16-6-9-19-22(16)12-14-4-3-10-24-14/h3-4,6,9-10,15H,2,5,7-8,11-13H2,1H3,(H,20,23)/t15-,18-/m1/s1. The van der Waals surface area contributed by atoms with Gasteiger partial charge < -0.3 is 14.1 Å². The first-order chi connectivity index (χ1) is 12.2. The molecule has 134 valence electrons. The Morgan fingerprint density at radius 2 is 2.40 bits per heavy atom. The molecule has 2 aromatic rings. The highest BCUT2D eigenvalue weighted by molar-refractivity contribution is 5.88. The number of hydrogen-bond donors (Lipinski definition) is 1. The SMILES string of the molecule is CN(C[C@]12CCC[C@H]1OCC2)C(=O)Nc1ccnn1Cc1ccco1. The number of ether oxygens (including phenoxy) is 1. The predicted octanol–water partition coefficient (Wildman–Crippen LogP) is 2.95. The van der Waals surface area contributed by atoms with Crippen molar-refractivity contribution in [1.82, 2.24) is 14.7 Å². The molecule has 0 bridgehead atoms. The number of carbonyl (C=O) groups excluding carboxylic acids is 1. The van der Waals surface area contributed by atoms with Crippen LogP contribution < -0.4 is 5.32 Å². The van der Waals surface area contributed by atoms with Gasteiger partial charge in [-0.1, -0.05) is 6.42 Å². The van der Waals surface area contributed by atoms with Gasteiger partial charge in [-0.15, -0.1) is 0 Å². The second-order valence-corrected chi connectivity index (χ2v) is 7.10. The molecular formula is C18H24N4O3. The van der Waals surface area contributed by atoms with Crippen LogP contribution in [0.15, 0.2) is 35.1 Å². The number of fused-ring (bicyclic) bond motifs is 1. The highest BCUT2D eigenvalue weighted by Crippen LogP contribution is 2.47. The molecule has 2 aromatic heterocycles. The number of furan rings is 1. The van der Waals surface area contributed by atoms with E-state index in [1.807, 2.05) is 19.2 Å². The number of amides is 2. The van der Waals surface area contributed by atoms with Crippen LogP contribution in [0, 0.1) is 5.41 Å². The van der Waals surface area contributed by atoms with Crippen LogP contribution >= 0.6 is 0 Å². The minimum Gasteiger partial charge on any atom is -0.467 e. The van der Waals surface area contributed by atoms with E-state index >= 15 is 0 Å². The zero-order chi connectivity index (χ0) is 17.3. The fourth-order valence-corrected chi connectivity index (χ4v) is 4.18. The lowest BCUT2D eigenvalue weighted by molar-refractivity contribution is 0.0595. The van der Waals surface area contributed by atoms with E-state index in [1.165, 1.54) is 6.42 Å². The summed E-state index contributed by atoms with van der Waals surface area (Å²) in [5.74, 6) is 1.46. The first-order valence-corrected chi connectivity index (χ1v) is 8.84. The normalized spacial score (nSPS) is 25.1. The number of hydrogen-bond acceptors (Lipinski definition) is 4. The summed E-state index contributed by atoms with van der Waals surface area (Å²) >= 11 is 0. The van der Waals surface area contributed by atoms with Crippen LogP contribution in [0.5, 0.6) is 0 Å². The van der Waals surface area contributed by atoms with Gasteiger partial charge in [0.25, 0.3) is 0 Å². The van der Waals surface area contributed by atoms with Gasteiger partial charge in [0.1, 0.15) is 18.1 Å². The van der Waals surface area contributed by atoms with Gasteiger partial charge in [0, 0.05) is 31.7 Å².